The predicted octanol–water partition coefficient (Wildman–Crippen LogP) is 2.52. The van der Waals surface area contributed by atoms with Crippen LogP contribution in [-0.2, 0) is 4.79 Å². The Morgan fingerprint density at radius 1 is 1.50 bits per heavy atom. The molecule has 1 saturated carbocycles. The van der Waals surface area contributed by atoms with Crippen LogP contribution < -0.4 is 0 Å². The Bertz CT molecular complexity index is 394. The van der Waals surface area contributed by atoms with Crippen molar-refractivity contribution in [2.45, 2.75) is 31.7 Å². The van der Waals surface area contributed by atoms with Crippen molar-refractivity contribution in [2.75, 3.05) is 13.2 Å². The molecule has 0 bridgehead atoms. The van der Waals surface area contributed by atoms with Gasteiger partial charge < -0.3 is 10.0 Å². The van der Waals surface area contributed by atoms with Gasteiger partial charge in [-0.05, 0) is 30.4 Å². The summed E-state index contributed by atoms with van der Waals surface area (Å²) < 4.78 is 0. The van der Waals surface area contributed by atoms with E-state index in [1.807, 2.05) is 28.5 Å². The van der Waals surface area contributed by atoms with E-state index in [0.717, 1.165) is 17.7 Å². The quantitative estimate of drug-likeness (QED) is 0.831. The summed E-state index contributed by atoms with van der Waals surface area (Å²) >= 11 is 1.62. The third kappa shape index (κ3) is 3.43. The van der Waals surface area contributed by atoms with Crippen LogP contribution in [-0.4, -0.2) is 35.1 Å². The standard InChI is InChI=1S/C14H19NO2S/c16-10-9-15(12-4-1-2-5-12)14(17)8-7-13-6-3-11-18-13/h3,6-8,11-12,16H,1-2,4-5,9-10H2/b8-7+. The number of thiophene rings is 1. The summed E-state index contributed by atoms with van der Waals surface area (Å²) in [4.78, 5) is 15.0. The minimum Gasteiger partial charge on any atom is -0.395 e. The summed E-state index contributed by atoms with van der Waals surface area (Å²) in [5, 5.41) is 11.1. The highest BCUT2D eigenvalue weighted by Gasteiger charge is 2.24. The lowest BCUT2D eigenvalue weighted by molar-refractivity contribution is -0.128. The molecule has 4 heteroatoms. The molecule has 2 rings (SSSR count). The summed E-state index contributed by atoms with van der Waals surface area (Å²) in [7, 11) is 0. The fraction of sp³-hybridized carbons (Fsp3) is 0.500. The van der Waals surface area contributed by atoms with Gasteiger partial charge in [0.25, 0.3) is 0 Å². The molecular weight excluding hydrogens is 246 g/mol. The van der Waals surface area contributed by atoms with Crippen molar-refractivity contribution < 1.29 is 9.90 Å². The van der Waals surface area contributed by atoms with E-state index in [1.54, 1.807) is 17.4 Å². The zero-order valence-electron chi connectivity index (χ0n) is 10.4. The molecule has 1 aromatic rings. The maximum Gasteiger partial charge on any atom is 0.246 e. The molecule has 1 amide bonds. The number of hydrogen-bond acceptors (Lipinski definition) is 3. The third-order valence-electron chi connectivity index (χ3n) is 3.32. The minimum absolute atomic E-state index is 0.0179. The largest absolute Gasteiger partial charge is 0.395 e. The predicted molar refractivity (Wildman–Crippen MR) is 74.4 cm³/mol. The molecule has 1 N–H and O–H groups in total. The van der Waals surface area contributed by atoms with E-state index < -0.39 is 0 Å². The third-order valence-corrected chi connectivity index (χ3v) is 4.16. The summed E-state index contributed by atoms with van der Waals surface area (Å²) in [6.07, 6.45) is 7.99. The SMILES string of the molecule is O=C(/C=C/c1cccs1)N(CCO)C1CCCC1. The fourth-order valence-corrected chi connectivity index (χ4v) is 3.05. The van der Waals surface area contributed by atoms with Gasteiger partial charge in [0.2, 0.25) is 5.91 Å². The average molecular weight is 265 g/mol. The summed E-state index contributed by atoms with van der Waals surface area (Å²) in [5.41, 5.74) is 0. The number of aliphatic hydroxyl groups excluding tert-OH is 1. The second-order valence-corrected chi connectivity index (χ2v) is 5.52. The highest BCUT2D eigenvalue weighted by atomic mass is 32.1. The van der Waals surface area contributed by atoms with Crippen molar-refractivity contribution in [3.05, 3.63) is 28.5 Å². The van der Waals surface area contributed by atoms with Crippen molar-refractivity contribution in [3.8, 4) is 0 Å². The van der Waals surface area contributed by atoms with Gasteiger partial charge in [-0.2, -0.15) is 0 Å². The van der Waals surface area contributed by atoms with Crippen LogP contribution in [0.2, 0.25) is 0 Å². The molecule has 3 nitrogen and oxygen atoms in total. The maximum absolute atomic E-state index is 12.1. The monoisotopic (exact) mass is 265 g/mol. The van der Waals surface area contributed by atoms with Crippen LogP contribution in [0.5, 0.6) is 0 Å². The summed E-state index contributed by atoms with van der Waals surface area (Å²) in [5.74, 6) is 0.0179. The topological polar surface area (TPSA) is 40.5 Å². The lowest BCUT2D eigenvalue weighted by Gasteiger charge is -2.27. The lowest BCUT2D eigenvalue weighted by Crippen LogP contribution is -2.39. The van der Waals surface area contributed by atoms with E-state index in [9.17, 15) is 4.79 Å². The van der Waals surface area contributed by atoms with E-state index in [2.05, 4.69) is 0 Å². The molecule has 0 spiro atoms. The molecule has 1 heterocycles. The molecule has 0 radical (unpaired) electrons. The van der Waals surface area contributed by atoms with Crippen molar-refractivity contribution in [1.29, 1.82) is 0 Å². The number of carbonyl (C=O) groups excluding carboxylic acids is 1. The first-order valence-corrected chi connectivity index (χ1v) is 7.32. The molecular formula is C14H19NO2S. The Balaban J connectivity index is 1.98. The first kappa shape index (κ1) is 13.3. The lowest BCUT2D eigenvalue weighted by atomic mass is 10.2. The van der Waals surface area contributed by atoms with Crippen LogP contribution >= 0.6 is 11.3 Å². The van der Waals surface area contributed by atoms with Crippen LogP contribution in [0.25, 0.3) is 6.08 Å². The van der Waals surface area contributed by atoms with Gasteiger partial charge in [-0.25, -0.2) is 0 Å². The molecule has 1 fully saturated rings. The first-order valence-electron chi connectivity index (χ1n) is 6.44. The highest BCUT2D eigenvalue weighted by Crippen LogP contribution is 2.23. The number of rotatable bonds is 5. The van der Waals surface area contributed by atoms with Gasteiger partial charge in [0.15, 0.2) is 0 Å². The molecule has 1 aromatic heterocycles. The number of hydrogen-bond donors (Lipinski definition) is 1. The molecule has 1 aliphatic rings. The number of amides is 1. The fourth-order valence-electron chi connectivity index (χ4n) is 2.43. The number of nitrogens with zero attached hydrogens (tertiary/aromatic N) is 1. The van der Waals surface area contributed by atoms with E-state index in [-0.39, 0.29) is 12.5 Å². The van der Waals surface area contributed by atoms with E-state index >= 15 is 0 Å². The van der Waals surface area contributed by atoms with Gasteiger partial charge in [-0.1, -0.05) is 18.9 Å². The van der Waals surface area contributed by atoms with Crippen LogP contribution in [0.4, 0.5) is 0 Å². The molecule has 18 heavy (non-hydrogen) atoms. The van der Waals surface area contributed by atoms with Crippen LogP contribution in [0.15, 0.2) is 23.6 Å². The smallest absolute Gasteiger partial charge is 0.246 e. The Labute approximate surface area is 112 Å². The molecule has 0 aliphatic heterocycles. The Morgan fingerprint density at radius 3 is 2.89 bits per heavy atom. The van der Waals surface area contributed by atoms with Crippen molar-refractivity contribution in [3.63, 3.8) is 0 Å². The average Bonchev–Trinajstić information content (AvgIpc) is 3.05. The minimum atomic E-state index is 0.0179. The molecule has 0 unspecified atom stereocenters. The van der Waals surface area contributed by atoms with Crippen LogP contribution in [0.1, 0.15) is 30.6 Å². The summed E-state index contributed by atoms with van der Waals surface area (Å²) in [6.45, 7) is 0.480. The van der Waals surface area contributed by atoms with Crippen LogP contribution in [0, 0.1) is 0 Å². The number of carbonyl (C=O) groups is 1. The molecule has 0 saturated heterocycles. The van der Waals surface area contributed by atoms with Gasteiger partial charge in [0.1, 0.15) is 0 Å². The molecule has 0 aromatic carbocycles. The van der Waals surface area contributed by atoms with Gasteiger partial charge >= 0.3 is 0 Å². The summed E-state index contributed by atoms with van der Waals surface area (Å²) in [6, 6.07) is 4.27. The van der Waals surface area contributed by atoms with Gasteiger partial charge in [-0.15, -0.1) is 11.3 Å². The normalized spacial score (nSPS) is 16.5. The second kappa shape index (κ2) is 6.71. The Morgan fingerprint density at radius 2 is 2.28 bits per heavy atom. The molecule has 0 atom stereocenters. The van der Waals surface area contributed by atoms with E-state index in [0.29, 0.717) is 12.6 Å². The first-order chi connectivity index (χ1) is 8.81. The van der Waals surface area contributed by atoms with E-state index in [4.69, 9.17) is 5.11 Å². The Hall–Kier alpha value is -1.13. The molecule has 1 aliphatic carbocycles. The van der Waals surface area contributed by atoms with Crippen molar-refractivity contribution >= 4 is 23.3 Å². The van der Waals surface area contributed by atoms with Gasteiger partial charge in [0.05, 0.1) is 6.61 Å². The zero-order valence-corrected chi connectivity index (χ0v) is 11.2. The van der Waals surface area contributed by atoms with Gasteiger partial charge in [-0.3, -0.25) is 4.79 Å². The van der Waals surface area contributed by atoms with Crippen molar-refractivity contribution in [2.24, 2.45) is 0 Å². The van der Waals surface area contributed by atoms with E-state index in [1.165, 1.54) is 12.8 Å². The maximum atomic E-state index is 12.1. The van der Waals surface area contributed by atoms with Gasteiger partial charge in [0, 0.05) is 23.5 Å². The zero-order chi connectivity index (χ0) is 12.8. The highest BCUT2D eigenvalue weighted by molar-refractivity contribution is 7.10. The molecule has 98 valence electrons. The van der Waals surface area contributed by atoms with Crippen molar-refractivity contribution in [1.82, 2.24) is 4.90 Å². The van der Waals surface area contributed by atoms with Crippen LogP contribution in [0.3, 0.4) is 0 Å². The Kier molecular flexibility index (Phi) is 4.96. The number of aliphatic hydroxyl groups is 1. The second-order valence-electron chi connectivity index (χ2n) is 4.54.